The first-order chi connectivity index (χ1) is 9.62. The van der Waals surface area contributed by atoms with E-state index in [2.05, 4.69) is 24.8 Å². The van der Waals surface area contributed by atoms with Crippen molar-refractivity contribution in [2.75, 3.05) is 25.9 Å². The molecule has 1 saturated heterocycles. The second kappa shape index (κ2) is 6.49. The van der Waals surface area contributed by atoms with E-state index in [1.54, 1.807) is 7.11 Å². The molecule has 1 aromatic carbocycles. The normalized spacial score (nSPS) is 18.9. The van der Waals surface area contributed by atoms with Crippen LogP contribution in [0.2, 0.25) is 0 Å². The highest BCUT2D eigenvalue weighted by Gasteiger charge is 2.30. The van der Waals surface area contributed by atoms with E-state index in [0.717, 1.165) is 18.0 Å². The van der Waals surface area contributed by atoms with Crippen molar-refractivity contribution in [3.8, 4) is 5.75 Å². The Hall–Kier alpha value is -1.22. The van der Waals surface area contributed by atoms with Crippen LogP contribution in [0.15, 0.2) is 18.2 Å². The summed E-state index contributed by atoms with van der Waals surface area (Å²) < 4.78 is 5.21. The van der Waals surface area contributed by atoms with Crippen LogP contribution in [0.1, 0.15) is 45.1 Å². The molecule has 0 atom stereocenters. The second-order valence-electron chi connectivity index (χ2n) is 6.06. The molecule has 112 valence electrons. The summed E-state index contributed by atoms with van der Waals surface area (Å²) in [5.74, 6) is 0.767. The van der Waals surface area contributed by atoms with Crippen molar-refractivity contribution in [1.82, 2.24) is 4.90 Å². The third-order valence-corrected chi connectivity index (χ3v) is 5.12. The molecule has 1 aliphatic rings. The van der Waals surface area contributed by atoms with Crippen molar-refractivity contribution in [1.29, 1.82) is 0 Å². The van der Waals surface area contributed by atoms with Gasteiger partial charge in [0.05, 0.1) is 12.8 Å². The minimum Gasteiger partial charge on any atom is -0.495 e. The van der Waals surface area contributed by atoms with Gasteiger partial charge < -0.3 is 10.5 Å². The van der Waals surface area contributed by atoms with E-state index in [1.165, 1.54) is 44.3 Å². The SMILES string of the molecule is CCC1(CC)CCN(Cc2ccc(OC)c(N)c2)CC1. The lowest BCUT2D eigenvalue weighted by Gasteiger charge is -2.41. The van der Waals surface area contributed by atoms with Crippen LogP contribution in [-0.2, 0) is 6.54 Å². The molecule has 0 amide bonds. The number of methoxy groups -OCH3 is 1. The molecule has 1 heterocycles. The fraction of sp³-hybridized carbons (Fsp3) is 0.647. The average molecular weight is 276 g/mol. The van der Waals surface area contributed by atoms with E-state index in [1.807, 2.05) is 12.1 Å². The number of anilines is 1. The predicted octanol–water partition coefficient (Wildman–Crippen LogP) is 3.68. The van der Waals surface area contributed by atoms with Crippen LogP contribution in [0.25, 0.3) is 0 Å². The van der Waals surface area contributed by atoms with Crippen LogP contribution in [0.4, 0.5) is 5.69 Å². The van der Waals surface area contributed by atoms with Crippen molar-refractivity contribution in [2.24, 2.45) is 5.41 Å². The van der Waals surface area contributed by atoms with Crippen LogP contribution in [-0.4, -0.2) is 25.1 Å². The van der Waals surface area contributed by atoms with E-state index in [9.17, 15) is 0 Å². The molecule has 0 saturated carbocycles. The van der Waals surface area contributed by atoms with E-state index in [-0.39, 0.29) is 0 Å². The van der Waals surface area contributed by atoms with Gasteiger partial charge in [-0.3, -0.25) is 4.90 Å². The summed E-state index contributed by atoms with van der Waals surface area (Å²) in [6.07, 6.45) is 5.27. The maximum atomic E-state index is 5.98. The van der Waals surface area contributed by atoms with Crippen molar-refractivity contribution in [3.63, 3.8) is 0 Å². The summed E-state index contributed by atoms with van der Waals surface area (Å²) in [6.45, 7) is 8.07. The summed E-state index contributed by atoms with van der Waals surface area (Å²) in [5, 5.41) is 0. The summed E-state index contributed by atoms with van der Waals surface area (Å²) in [7, 11) is 1.66. The molecule has 20 heavy (non-hydrogen) atoms. The largest absolute Gasteiger partial charge is 0.495 e. The molecule has 0 aliphatic carbocycles. The van der Waals surface area contributed by atoms with Crippen LogP contribution in [0.3, 0.4) is 0 Å². The average Bonchev–Trinajstić information content (AvgIpc) is 2.49. The summed E-state index contributed by atoms with van der Waals surface area (Å²) in [5.41, 5.74) is 8.59. The fourth-order valence-electron chi connectivity index (χ4n) is 3.28. The standard InChI is InChI=1S/C17H28N2O/c1-4-17(5-2)8-10-19(11-9-17)13-14-6-7-16(20-3)15(18)12-14/h6-7,12H,4-5,8-11,13,18H2,1-3H3. The molecule has 3 heteroatoms. The summed E-state index contributed by atoms with van der Waals surface area (Å²) >= 11 is 0. The molecule has 0 radical (unpaired) electrons. The number of rotatable bonds is 5. The molecule has 3 nitrogen and oxygen atoms in total. The minimum atomic E-state index is 0.593. The molecule has 0 spiro atoms. The third kappa shape index (κ3) is 3.26. The number of ether oxygens (including phenoxy) is 1. The van der Waals surface area contributed by atoms with Gasteiger partial charge in [-0.05, 0) is 49.0 Å². The number of nitrogens with two attached hydrogens (primary N) is 1. The zero-order valence-electron chi connectivity index (χ0n) is 13.1. The fourth-order valence-corrected chi connectivity index (χ4v) is 3.28. The predicted molar refractivity (Wildman–Crippen MR) is 84.9 cm³/mol. The van der Waals surface area contributed by atoms with Crippen LogP contribution in [0, 0.1) is 5.41 Å². The molecule has 0 unspecified atom stereocenters. The van der Waals surface area contributed by atoms with Crippen LogP contribution < -0.4 is 10.5 Å². The van der Waals surface area contributed by atoms with Gasteiger partial charge >= 0.3 is 0 Å². The van der Waals surface area contributed by atoms with Crippen molar-refractivity contribution in [2.45, 2.75) is 46.1 Å². The van der Waals surface area contributed by atoms with E-state index in [4.69, 9.17) is 10.5 Å². The van der Waals surface area contributed by atoms with E-state index < -0.39 is 0 Å². The van der Waals surface area contributed by atoms with Gasteiger partial charge in [0.15, 0.2) is 0 Å². The minimum absolute atomic E-state index is 0.593. The zero-order valence-corrected chi connectivity index (χ0v) is 13.1. The van der Waals surface area contributed by atoms with Crippen molar-refractivity contribution < 1.29 is 4.74 Å². The topological polar surface area (TPSA) is 38.5 Å². The smallest absolute Gasteiger partial charge is 0.141 e. The quantitative estimate of drug-likeness (QED) is 0.834. The Kier molecular flexibility index (Phi) is 4.92. The van der Waals surface area contributed by atoms with Gasteiger partial charge in [-0.1, -0.05) is 32.8 Å². The summed E-state index contributed by atoms with van der Waals surface area (Å²) in [4.78, 5) is 2.55. The second-order valence-corrected chi connectivity index (χ2v) is 6.06. The number of benzene rings is 1. The van der Waals surface area contributed by atoms with Gasteiger partial charge in [0.2, 0.25) is 0 Å². The van der Waals surface area contributed by atoms with Gasteiger partial charge in [0.1, 0.15) is 5.75 Å². The first-order valence-corrected chi connectivity index (χ1v) is 7.77. The van der Waals surface area contributed by atoms with Crippen LogP contribution >= 0.6 is 0 Å². The molecular weight excluding hydrogens is 248 g/mol. The van der Waals surface area contributed by atoms with Crippen molar-refractivity contribution in [3.05, 3.63) is 23.8 Å². The highest BCUT2D eigenvalue weighted by atomic mass is 16.5. The summed E-state index contributed by atoms with van der Waals surface area (Å²) in [6, 6.07) is 6.13. The van der Waals surface area contributed by atoms with E-state index in [0.29, 0.717) is 5.41 Å². The molecule has 1 aromatic rings. The molecule has 1 aliphatic heterocycles. The first-order valence-electron chi connectivity index (χ1n) is 7.77. The van der Waals surface area contributed by atoms with Gasteiger partial charge in [-0.2, -0.15) is 0 Å². The Morgan fingerprint density at radius 3 is 2.35 bits per heavy atom. The Morgan fingerprint density at radius 2 is 1.85 bits per heavy atom. The molecule has 0 bridgehead atoms. The first kappa shape index (κ1) is 15.2. The van der Waals surface area contributed by atoms with E-state index >= 15 is 0 Å². The monoisotopic (exact) mass is 276 g/mol. The number of likely N-dealkylation sites (tertiary alicyclic amines) is 1. The molecule has 0 aromatic heterocycles. The van der Waals surface area contributed by atoms with Crippen molar-refractivity contribution >= 4 is 5.69 Å². The van der Waals surface area contributed by atoms with Gasteiger partial charge in [-0.25, -0.2) is 0 Å². The Bertz CT molecular complexity index is 431. The highest BCUT2D eigenvalue weighted by molar-refractivity contribution is 5.54. The molecule has 2 rings (SSSR count). The lowest BCUT2D eigenvalue weighted by molar-refractivity contribution is 0.0909. The highest BCUT2D eigenvalue weighted by Crippen LogP contribution is 2.38. The molecule has 1 fully saturated rings. The maximum absolute atomic E-state index is 5.98. The number of piperidine rings is 1. The number of nitrogens with zero attached hydrogens (tertiary/aromatic N) is 1. The lowest BCUT2D eigenvalue weighted by atomic mass is 9.74. The lowest BCUT2D eigenvalue weighted by Crippen LogP contribution is -2.39. The van der Waals surface area contributed by atoms with Gasteiger partial charge in [-0.15, -0.1) is 0 Å². The van der Waals surface area contributed by atoms with Gasteiger partial charge in [0.25, 0.3) is 0 Å². The number of hydrogen-bond acceptors (Lipinski definition) is 3. The number of hydrogen-bond donors (Lipinski definition) is 1. The van der Waals surface area contributed by atoms with Gasteiger partial charge in [0, 0.05) is 6.54 Å². The zero-order chi connectivity index (χ0) is 14.6. The molecule has 2 N–H and O–H groups in total. The van der Waals surface area contributed by atoms with Crippen LogP contribution in [0.5, 0.6) is 5.75 Å². The Morgan fingerprint density at radius 1 is 1.20 bits per heavy atom. The molecular formula is C17H28N2O. The third-order valence-electron chi connectivity index (χ3n) is 5.12. The number of nitrogen functional groups attached to an aromatic ring is 1. The Labute approximate surface area is 123 Å². The maximum Gasteiger partial charge on any atom is 0.141 e. The Balaban J connectivity index is 1.94.